The summed E-state index contributed by atoms with van der Waals surface area (Å²) >= 11 is 1.68. The van der Waals surface area contributed by atoms with Gasteiger partial charge in [0.1, 0.15) is 0 Å². The molecule has 0 aliphatic carbocycles. The summed E-state index contributed by atoms with van der Waals surface area (Å²) in [6, 6.07) is 10.3. The zero-order valence-electron chi connectivity index (χ0n) is 17.8. The number of benzene rings is 1. The fourth-order valence-electron chi connectivity index (χ4n) is 3.56. The topological polar surface area (TPSA) is 79.0 Å². The van der Waals surface area contributed by atoms with Gasteiger partial charge in [-0.3, -0.25) is 9.69 Å². The first-order valence-corrected chi connectivity index (χ1v) is 12.5. The highest BCUT2D eigenvalue weighted by Crippen LogP contribution is 2.25. The molecule has 1 N–H and O–H groups in total. The van der Waals surface area contributed by atoms with Crippen LogP contribution in [0, 0.1) is 0 Å². The van der Waals surface area contributed by atoms with E-state index in [4.69, 9.17) is 4.74 Å². The van der Waals surface area contributed by atoms with Crippen molar-refractivity contribution < 1.29 is 30.4 Å². The summed E-state index contributed by atoms with van der Waals surface area (Å²) in [5, 5.41) is 5.05. The van der Waals surface area contributed by atoms with Gasteiger partial charge in [-0.1, -0.05) is 19.9 Å². The maximum absolute atomic E-state index is 12.7. The van der Waals surface area contributed by atoms with E-state index in [0.29, 0.717) is 38.4 Å². The standard InChI is InChI=1S/C21H29N3O4S2.ClH/c1-3-24(4-2)30(26,27)18-9-7-17(8-10-18)21(25)22-16-19(20-6-5-15-29-20)23-11-13-28-14-12-23;/h5-10,15,19H,3-4,11-14,16H2,1-2H3,(H,22,25);1H/p-1. The van der Waals surface area contributed by atoms with Gasteiger partial charge in [-0.05, 0) is 35.7 Å². The molecule has 1 saturated heterocycles. The number of sulfonamides is 1. The van der Waals surface area contributed by atoms with Gasteiger partial charge in [0, 0.05) is 43.2 Å². The van der Waals surface area contributed by atoms with Crippen molar-refractivity contribution in [3.05, 3.63) is 52.2 Å². The molecule has 1 aromatic heterocycles. The largest absolute Gasteiger partial charge is 1.00 e. The summed E-state index contributed by atoms with van der Waals surface area (Å²) in [6.45, 7) is 7.96. The monoisotopic (exact) mass is 486 g/mol. The average molecular weight is 487 g/mol. The molecule has 2 heterocycles. The number of carbonyl (C=O) groups excluding carboxylic acids is 1. The van der Waals surface area contributed by atoms with Gasteiger partial charge in [-0.15, -0.1) is 11.3 Å². The highest BCUT2D eigenvalue weighted by Gasteiger charge is 2.25. The molecule has 31 heavy (non-hydrogen) atoms. The lowest BCUT2D eigenvalue weighted by Gasteiger charge is -2.34. The van der Waals surface area contributed by atoms with Crippen LogP contribution in [0.5, 0.6) is 0 Å². The number of nitrogens with zero attached hydrogens (tertiary/aromatic N) is 2. The molecule has 1 aliphatic heterocycles. The zero-order chi connectivity index (χ0) is 21.6. The Balaban J connectivity index is 0.00000341. The quantitative estimate of drug-likeness (QED) is 0.521. The zero-order valence-corrected chi connectivity index (χ0v) is 20.2. The SMILES string of the molecule is CCN(CC)S(=O)(=O)c1ccc(C(=O)NCC(c2cccs2)N2CCOCC2)cc1.[Cl-]. The number of amides is 1. The number of carbonyl (C=O) groups is 1. The molecule has 1 unspecified atom stereocenters. The maximum atomic E-state index is 12.7. The summed E-state index contributed by atoms with van der Waals surface area (Å²) in [4.78, 5) is 16.4. The Bertz CT molecular complexity index is 911. The van der Waals surface area contributed by atoms with Crippen molar-refractivity contribution in [3.8, 4) is 0 Å². The first-order valence-electron chi connectivity index (χ1n) is 10.2. The van der Waals surface area contributed by atoms with E-state index in [1.807, 2.05) is 11.4 Å². The summed E-state index contributed by atoms with van der Waals surface area (Å²) in [5.74, 6) is -0.211. The fraction of sp³-hybridized carbons (Fsp3) is 0.476. The van der Waals surface area contributed by atoms with E-state index in [9.17, 15) is 13.2 Å². The maximum Gasteiger partial charge on any atom is 0.251 e. The Kier molecular flexibility index (Phi) is 9.92. The smallest absolute Gasteiger partial charge is 0.251 e. The molecule has 2 aromatic rings. The Morgan fingerprint density at radius 3 is 2.35 bits per heavy atom. The predicted molar refractivity (Wildman–Crippen MR) is 118 cm³/mol. The Labute approximate surface area is 194 Å². The van der Waals surface area contributed by atoms with Crippen LogP contribution in [-0.2, 0) is 14.8 Å². The molecule has 3 rings (SSSR count). The summed E-state index contributed by atoms with van der Waals surface area (Å²) in [7, 11) is -3.53. The normalized spacial score (nSPS) is 16.0. The van der Waals surface area contributed by atoms with Crippen molar-refractivity contribution in [1.82, 2.24) is 14.5 Å². The molecule has 0 radical (unpaired) electrons. The van der Waals surface area contributed by atoms with E-state index in [1.165, 1.54) is 21.3 Å². The Morgan fingerprint density at radius 2 is 1.81 bits per heavy atom. The van der Waals surface area contributed by atoms with Gasteiger partial charge in [-0.25, -0.2) is 8.42 Å². The molecule has 0 spiro atoms. The number of nitrogens with one attached hydrogen (secondary N) is 1. The predicted octanol–water partition coefficient (Wildman–Crippen LogP) is -0.414. The van der Waals surface area contributed by atoms with E-state index in [1.54, 1.807) is 37.3 Å². The molecular weight excluding hydrogens is 458 g/mol. The molecule has 10 heteroatoms. The van der Waals surface area contributed by atoms with Crippen LogP contribution in [0.1, 0.15) is 35.1 Å². The minimum absolute atomic E-state index is 0. The van der Waals surface area contributed by atoms with Crippen molar-refractivity contribution in [1.29, 1.82) is 0 Å². The van der Waals surface area contributed by atoms with Gasteiger partial charge in [0.25, 0.3) is 5.91 Å². The number of thiophene rings is 1. The van der Waals surface area contributed by atoms with Crippen molar-refractivity contribution in [2.24, 2.45) is 0 Å². The number of hydrogen-bond acceptors (Lipinski definition) is 6. The van der Waals surface area contributed by atoms with Crippen LogP contribution in [0.4, 0.5) is 0 Å². The Hall–Kier alpha value is -1.49. The number of ether oxygens (including phenoxy) is 1. The first-order chi connectivity index (χ1) is 14.5. The van der Waals surface area contributed by atoms with E-state index < -0.39 is 10.0 Å². The van der Waals surface area contributed by atoms with Crippen molar-refractivity contribution >= 4 is 27.3 Å². The first kappa shape index (κ1) is 25.8. The highest BCUT2D eigenvalue weighted by molar-refractivity contribution is 7.89. The van der Waals surface area contributed by atoms with E-state index >= 15 is 0 Å². The van der Waals surface area contributed by atoms with Crippen LogP contribution in [0.25, 0.3) is 0 Å². The molecule has 172 valence electrons. The molecular formula is C21H29ClN3O4S2-. The van der Waals surface area contributed by atoms with Crippen LogP contribution < -0.4 is 17.7 Å². The second kappa shape index (κ2) is 11.9. The van der Waals surface area contributed by atoms with Crippen LogP contribution in [0.15, 0.2) is 46.7 Å². The molecule has 1 aromatic carbocycles. The van der Waals surface area contributed by atoms with Crippen molar-refractivity contribution in [2.75, 3.05) is 45.9 Å². The van der Waals surface area contributed by atoms with Gasteiger partial charge in [0.15, 0.2) is 0 Å². The third-order valence-electron chi connectivity index (χ3n) is 5.27. The lowest BCUT2D eigenvalue weighted by molar-refractivity contribution is -0.0000215. The van der Waals surface area contributed by atoms with Gasteiger partial charge in [0.2, 0.25) is 10.0 Å². The number of hydrogen-bond donors (Lipinski definition) is 1. The second-order valence-electron chi connectivity index (χ2n) is 7.00. The van der Waals surface area contributed by atoms with E-state index in [2.05, 4.69) is 16.3 Å². The minimum atomic E-state index is -3.53. The lowest BCUT2D eigenvalue weighted by atomic mass is 10.1. The van der Waals surface area contributed by atoms with Crippen LogP contribution >= 0.6 is 11.3 Å². The second-order valence-corrected chi connectivity index (χ2v) is 9.92. The van der Waals surface area contributed by atoms with Gasteiger partial charge in [-0.2, -0.15) is 4.31 Å². The number of morpholine rings is 1. The van der Waals surface area contributed by atoms with Gasteiger partial charge in [0.05, 0.1) is 24.2 Å². The Morgan fingerprint density at radius 1 is 1.16 bits per heavy atom. The number of halogens is 1. The molecule has 7 nitrogen and oxygen atoms in total. The van der Waals surface area contributed by atoms with Gasteiger partial charge >= 0.3 is 0 Å². The van der Waals surface area contributed by atoms with Crippen molar-refractivity contribution in [3.63, 3.8) is 0 Å². The minimum Gasteiger partial charge on any atom is -1.00 e. The molecule has 1 fully saturated rings. The van der Waals surface area contributed by atoms with Crippen LogP contribution in [-0.4, -0.2) is 69.5 Å². The van der Waals surface area contributed by atoms with Crippen LogP contribution in [0.3, 0.4) is 0 Å². The number of rotatable bonds is 9. The summed E-state index contributed by atoms with van der Waals surface area (Å²) < 4.78 is 32.1. The molecule has 1 atom stereocenters. The molecule has 1 amide bonds. The average Bonchev–Trinajstić information content (AvgIpc) is 3.30. The molecule has 1 aliphatic rings. The van der Waals surface area contributed by atoms with Gasteiger partial charge < -0.3 is 22.5 Å². The third-order valence-corrected chi connectivity index (χ3v) is 8.31. The van der Waals surface area contributed by atoms with E-state index in [0.717, 1.165) is 13.1 Å². The molecule has 0 bridgehead atoms. The summed E-state index contributed by atoms with van der Waals surface area (Å²) in [5.41, 5.74) is 0.445. The molecule has 0 saturated carbocycles. The fourth-order valence-corrected chi connectivity index (χ4v) is 5.88. The van der Waals surface area contributed by atoms with E-state index in [-0.39, 0.29) is 29.3 Å². The third kappa shape index (κ3) is 6.27. The summed E-state index contributed by atoms with van der Waals surface area (Å²) in [6.07, 6.45) is 0. The van der Waals surface area contributed by atoms with Crippen molar-refractivity contribution in [2.45, 2.75) is 24.8 Å². The highest BCUT2D eigenvalue weighted by atomic mass is 35.5. The van der Waals surface area contributed by atoms with Crippen LogP contribution in [0.2, 0.25) is 0 Å². The lowest BCUT2D eigenvalue weighted by Crippen LogP contribution is -3.00.